The molecule has 2 aliphatic carbocycles. The number of rotatable bonds is 4. The number of nitrogens with zero attached hydrogens (tertiary/aromatic N) is 2. The van der Waals surface area contributed by atoms with Gasteiger partial charge in [-0.15, -0.1) is 0 Å². The molecule has 1 atom stereocenters. The molecule has 6 bridgehead atoms. The summed E-state index contributed by atoms with van der Waals surface area (Å²) in [6.07, 6.45) is 9.75. The Hall–Kier alpha value is -3.12. The summed E-state index contributed by atoms with van der Waals surface area (Å²) in [6.45, 7) is 4.89. The van der Waals surface area contributed by atoms with E-state index in [4.69, 9.17) is 18.9 Å². The smallest absolute Gasteiger partial charge is 0.230 e. The number of benzene rings is 2. The van der Waals surface area contributed by atoms with Crippen molar-refractivity contribution in [3.05, 3.63) is 65.7 Å². The highest BCUT2D eigenvalue weighted by Crippen LogP contribution is 2.39. The third-order valence-corrected chi connectivity index (χ3v) is 9.19. The van der Waals surface area contributed by atoms with Gasteiger partial charge in [-0.3, -0.25) is 4.79 Å². The molecule has 1 aromatic heterocycles. The standard InChI is InChI=1S/C33H40N2O4/c1-21-17-26(13-16-31(21)37-3)24-9-7-23(8-10-24)19-35-28-6-4-5-27(18-28)30-20-38-32(34-30)22(2)39-29-14-11-25(12-15-29)33(35)36/h4-6,13,16-18,20,22-25,29H,7-12,14-15,19H2,1-3H3/t22?,23-,24-,25-,29-. The van der Waals surface area contributed by atoms with E-state index in [-0.39, 0.29) is 24.0 Å². The molecule has 0 radical (unpaired) electrons. The summed E-state index contributed by atoms with van der Waals surface area (Å²) in [5, 5.41) is 0. The Bertz CT molecular complexity index is 1300. The zero-order valence-electron chi connectivity index (χ0n) is 23.4. The predicted molar refractivity (Wildman–Crippen MR) is 152 cm³/mol. The van der Waals surface area contributed by atoms with Crippen LogP contribution >= 0.6 is 0 Å². The van der Waals surface area contributed by atoms with Gasteiger partial charge in [0.15, 0.2) is 0 Å². The molecule has 7 rings (SSSR count). The van der Waals surface area contributed by atoms with Crippen molar-refractivity contribution < 1.29 is 18.7 Å². The summed E-state index contributed by atoms with van der Waals surface area (Å²) >= 11 is 0. The average molecular weight is 529 g/mol. The van der Waals surface area contributed by atoms with Crippen molar-refractivity contribution in [3.8, 4) is 17.0 Å². The minimum Gasteiger partial charge on any atom is -0.496 e. The van der Waals surface area contributed by atoms with Gasteiger partial charge in [0.05, 0.1) is 13.2 Å². The highest BCUT2D eigenvalue weighted by molar-refractivity contribution is 5.95. The van der Waals surface area contributed by atoms with Crippen molar-refractivity contribution in [2.75, 3.05) is 18.6 Å². The van der Waals surface area contributed by atoms with Gasteiger partial charge in [0.2, 0.25) is 11.8 Å². The van der Waals surface area contributed by atoms with Gasteiger partial charge in [-0.1, -0.05) is 24.3 Å². The number of oxazole rings is 1. The van der Waals surface area contributed by atoms with Gasteiger partial charge in [0, 0.05) is 23.7 Å². The normalized spacial score (nSPS) is 27.3. The number of amides is 1. The second-order valence-electron chi connectivity index (χ2n) is 11.8. The first-order chi connectivity index (χ1) is 19.0. The van der Waals surface area contributed by atoms with Crippen molar-refractivity contribution in [2.45, 2.75) is 83.3 Å². The number of carbonyl (C=O) groups excluding carboxylic acids is 1. The Balaban J connectivity index is 1.23. The van der Waals surface area contributed by atoms with Crippen molar-refractivity contribution in [3.63, 3.8) is 0 Å². The lowest BCUT2D eigenvalue weighted by atomic mass is 9.78. The third-order valence-electron chi connectivity index (χ3n) is 9.19. The topological polar surface area (TPSA) is 64.8 Å². The number of carbonyl (C=O) groups is 1. The molecule has 6 heteroatoms. The lowest BCUT2D eigenvalue weighted by Gasteiger charge is -2.36. The Morgan fingerprint density at radius 3 is 2.49 bits per heavy atom. The van der Waals surface area contributed by atoms with Gasteiger partial charge in [0.1, 0.15) is 23.8 Å². The van der Waals surface area contributed by atoms with Gasteiger partial charge >= 0.3 is 0 Å². The van der Waals surface area contributed by atoms with E-state index in [2.05, 4.69) is 42.2 Å². The highest BCUT2D eigenvalue weighted by atomic mass is 16.5. The van der Waals surface area contributed by atoms with E-state index in [1.165, 1.54) is 11.1 Å². The summed E-state index contributed by atoms with van der Waals surface area (Å²) in [5.74, 6) is 2.95. The van der Waals surface area contributed by atoms with Crippen LogP contribution < -0.4 is 9.64 Å². The maximum absolute atomic E-state index is 14.1. The molecular weight excluding hydrogens is 488 g/mol. The van der Waals surface area contributed by atoms with E-state index in [1.807, 2.05) is 19.1 Å². The fourth-order valence-electron chi connectivity index (χ4n) is 6.87. The van der Waals surface area contributed by atoms with Gasteiger partial charge in [0.25, 0.3) is 0 Å². The number of ether oxygens (including phenoxy) is 2. The van der Waals surface area contributed by atoms with Crippen molar-refractivity contribution in [2.24, 2.45) is 11.8 Å². The number of methoxy groups -OCH3 is 1. The number of hydrogen-bond donors (Lipinski definition) is 0. The van der Waals surface area contributed by atoms with Crippen LogP contribution in [0.25, 0.3) is 11.3 Å². The fraction of sp³-hybridized carbons (Fsp3) is 0.515. The molecule has 4 aliphatic rings. The zero-order valence-corrected chi connectivity index (χ0v) is 23.4. The monoisotopic (exact) mass is 528 g/mol. The second kappa shape index (κ2) is 11.2. The lowest BCUT2D eigenvalue weighted by Crippen LogP contribution is -2.42. The molecule has 1 amide bonds. The highest BCUT2D eigenvalue weighted by Gasteiger charge is 2.34. The molecule has 3 aromatic rings. The van der Waals surface area contributed by atoms with Crippen molar-refractivity contribution >= 4 is 11.6 Å². The Morgan fingerprint density at radius 2 is 1.74 bits per heavy atom. The summed E-state index contributed by atoms with van der Waals surface area (Å²) in [5.41, 5.74) is 5.33. The quantitative estimate of drug-likeness (QED) is 0.349. The minimum absolute atomic E-state index is 0.0508. The number of fused-ring (bicyclic) bond motifs is 4. The predicted octanol–water partition coefficient (Wildman–Crippen LogP) is 7.62. The van der Waals surface area contributed by atoms with E-state index in [1.54, 1.807) is 13.4 Å². The summed E-state index contributed by atoms with van der Waals surface area (Å²) in [6, 6.07) is 14.9. The van der Waals surface area contributed by atoms with Crippen LogP contribution in [0.1, 0.15) is 87.3 Å². The summed E-state index contributed by atoms with van der Waals surface area (Å²) in [7, 11) is 1.73. The van der Waals surface area contributed by atoms with E-state index >= 15 is 0 Å². The maximum atomic E-state index is 14.1. The lowest BCUT2D eigenvalue weighted by molar-refractivity contribution is -0.125. The molecule has 2 saturated carbocycles. The first kappa shape index (κ1) is 26.1. The van der Waals surface area contributed by atoms with Crippen LogP contribution in [-0.2, 0) is 9.53 Å². The largest absolute Gasteiger partial charge is 0.496 e. The molecule has 1 unspecified atom stereocenters. The maximum Gasteiger partial charge on any atom is 0.230 e. The molecule has 2 aromatic carbocycles. The van der Waals surface area contributed by atoms with Gasteiger partial charge in [-0.05, 0) is 106 Å². The van der Waals surface area contributed by atoms with Crippen LogP contribution in [0, 0.1) is 18.8 Å². The molecule has 0 saturated heterocycles. The molecule has 0 N–H and O–H groups in total. The molecule has 0 spiro atoms. The van der Waals surface area contributed by atoms with E-state index in [0.29, 0.717) is 17.7 Å². The molecule has 206 valence electrons. The zero-order chi connectivity index (χ0) is 26.9. The van der Waals surface area contributed by atoms with Gasteiger partial charge < -0.3 is 18.8 Å². The number of anilines is 1. The van der Waals surface area contributed by atoms with E-state index in [9.17, 15) is 4.79 Å². The number of aromatic nitrogens is 1. The summed E-state index contributed by atoms with van der Waals surface area (Å²) in [4.78, 5) is 20.9. The molecular formula is C33H40N2O4. The Morgan fingerprint density at radius 1 is 0.974 bits per heavy atom. The van der Waals surface area contributed by atoms with Crippen LogP contribution in [0.15, 0.2) is 53.1 Å². The molecule has 2 fully saturated rings. The van der Waals surface area contributed by atoms with Crippen molar-refractivity contribution in [1.82, 2.24) is 4.98 Å². The van der Waals surface area contributed by atoms with Crippen molar-refractivity contribution in [1.29, 1.82) is 0 Å². The summed E-state index contributed by atoms with van der Waals surface area (Å²) < 4.78 is 17.6. The first-order valence-corrected chi connectivity index (χ1v) is 14.7. The van der Waals surface area contributed by atoms with E-state index < -0.39 is 0 Å². The number of aryl methyl sites for hydroxylation is 1. The SMILES string of the molecule is COc1ccc([C@H]2CC[C@H](CN3c4cccc(c4)-c4coc(n4)C(C)O[C@H]4CC[C@@H](CC4)C3=O)CC2)cc1C. The van der Waals surface area contributed by atoms with Crippen LogP contribution in [0.5, 0.6) is 5.75 Å². The molecule has 3 heterocycles. The Kier molecular flexibility index (Phi) is 7.48. The molecule has 2 aliphatic heterocycles. The van der Waals surface area contributed by atoms with Gasteiger partial charge in [-0.2, -0.15) is 0 Å². The fourth-order valence-corrected chi connectivity index (χ4v) is 6.87. The Labute approximate surface area is 231 Å². The second-order valence-corrected chi connectivity index (χ2v) is 11.8. The molecule has 39 heavy (non-hydrogen) atoms. The van der Waals surface area contributed by atoms with E-state index in [0.717, 1.165) is 80.6 Å². The minimum atomic E-state index is -0.199. The first-order valence-electron chi connectivity index (χ1n) is 14.7. The van der Waals surface area contributed by atoms with Crippen LogP contribution in [0.4, 0.5) is 5.69 Å². The molecule has 6 nitrogen and oxygen atoms in total. The number of hydrogen-bond acceptors (Lipinski definition) is 5. The van der Waals surface area contributed by atoms with Crippen LogP contribution in [-0.4, -0.2) is 30.6 Å². The van der Waals surface area contributed by atoms with Crippen LogP contribution in [0.2, 0.25) is 0 Å². The van der Waals surface area contributed by atoms with Gasteiger partial charge in [-0.25, -0.2) is 4.98 Å². The third kappa shape index (κ3) is 5.49. The average Bonchev–Trinajstić information content (AvgIpc) is 3.47. The van der Waals surface area contributed by atoms with Crippen LogP contribution in [0.3, 0.4) is 0 Å².